The van der Waals surface area contributed by atoms with Crippen molar-refractivity contribution in [2.45, 2.75) is 45.2 Å². The molecule has 0 saturated carbocycles. The van der Waals surface area contributed by atoms with E-state index in [-0.39, 0.29) is 17.9 Å². The van der Waals surface area contributed by atoms with Gasteiger partial charge in [-0.2, -0.15) is 13.2 Å². The first kappa shape index (κ1) is 20.5. The summed E-state index contributed by atoms with van der Waals surface area (Å²) in [5, 5.41) is 0. The Kier molecular flexibility index (Phi) is 6.50. The van der Waals surface area contributed by atoms with Crippen molar-refractivity contribution in [1.29, 1.82) is 0 Å². The molecule has 7 heteroatoms. The minimum Gasteiger partial charge on any atom is -0.493 e. The molecule has 136 valence electrons. The number of rotatable bonds is 6. The number of hydrogen-bond donors (Lipinski definition) is 0. The van der Waals surface area contributed by atoms with Crippen molar-refractivity contribution in [1.82, 2.24) is 4.90 Å². The zero-order valence-corrected chi connectivity index (χ0v) is 16.2. The molecular weight excluding hydrogens is 335 g/mol. The predicted octanol–water partition coefficient (Wildman–Crippen LogP) is 4.82. The summed E-state index contributed by atoms with van der Waals surface area (Å²) in [4.78, 5) is 13.3. The Bertz CT molecular complexity index is 593. The number of nitrogens with zero attached hydrogens (tertiary/aromatic N) is 1. The molecule has 0 unspecified atom stereocenters. The maximum atomic E-state index is 13.3. The first-order valence-corrected chi connectivity index (χ1v) is 11.6. The molecular formula is C17H26F3NO2Si. The quantitative estimate of drug-likeness (QED) is 0.537. The second-order valence-corrected chi connectivity index (χ2v) is 13.0. The van der Waals surface area contributed by atoms with Gasteiger partial charge in [-0.25, -0.2) is 0 Å². The lowest BCUT2D eigenvalue weighted by atomic mass is 10.0. The molecule has 0 aromatic heterocycles. The van der Waals surface area contributed by atoms with E-state index in [0.29, 0.717) is 5.56 Å². The number of alkyl halides is 3. The Labute approximate surface area is 142 Å². The highest BCUT2D eigenvalue weighted by Gasteiger charge is 2.36. The normalized spacial score (nSPS) is 12.2. The summed E-state index contributed by atoms with van der Waals surface area (Å²) < 4.78 is 45.4. The van der Waals surface area contributed by atoms with Crippen LogP contribution in [0.3, 0.4) is 0 Å². The minimum atomic E-state index is -4.57. The van der Waals surface area contributed by atoms with Crippen molar-refractivity contribution in [3.63, 3.8) is 0 Å². The number of aryl methyl sites for hydroxylation is 1. The van der Waals surface area contributed by atoms with Gasteiger partial charge in [-0.15, -0.1) is 0 Å². The van der Waals surface area contributed by atoms with Crippen molar-refractivity contribution in [3.05, 3.63) is 28.8 Å². The summed E-state index contributed by atoms with van der Waals surface area (Å²) in [5.41, 5.74) is -0.380. The molecule has 0 N–H and O–H groups in total. The van der Waals surface area contributed by atoms with Crippen molar-refractivity contribution in [2.24, 2.45) is 0 Å². The van der Waals surface area contributed by atoms with E-state index in [0.717, 1.165) is 18.5 Å². The van der Waals surface area contributed by atoms with Crippen molar-refractivity contribution in [3.8, 4) is 5.75 Å². The molecule has 0 aliphatic heterocycles. The van der Waals surface area contributed by atoms with E-state index in [9.17, 15) is 18.0 Å². The van der Waals surface area contributed by atoms with Gasteiger partial charge in [0.15, 0.2) is 0 Å². The van der Waals surface area contributed by atoms with Crippen LogP contribution in [0.15, 0.2) is 12.1 Å². The highest BCUT2D eigenvalue weighted by molar-refractivity contribution is 6.76. The fraction of sp³-hybridized carbons (Fsp3) is 0.588. The minimum absolute atomic E-state index is 0.0433. The van der Waals surface area contributed by atoms with Gasteiger partial charge in [-0.1, -0.05) is 25.7 Å². The standard InChI is InChI=1S/C17H26F3NO2Si/c1-12-10-15(23-8-7-9-24(4,5)6)14(17(18,19)20)11-13(12)16(22)21(2)3/h10-11H,7-9H2,1-6H3. The fourth-order valence-corrected chi connectivity index (χ4v) is 3.48. The third-order valence-electron chi connectivity index (χ3n) is 3.60. The number of ether oxygens (including phenoxy) is 1. The van der Waals surface area contributed by atoms with E-state index < -0.39 is 25.7 Å². The molecule has 0 bridgehead atoms. The van der Waals surface area contributed by atoms with Crippen LogP contribution in [0.1, 0.15) is 27.9 Å². The molecule has 0 atom stereocenters. The van der Waals surface area contributed by atoms with Gasteiger partial charge in [0.05, 0.1) is 12.2 Å². The molecule has 1 aromatic rings. The summed E-state index contributed by atoms with van der Waals surface area (Å²) in [6.45, 7) is 8.49. The maximum Gasteiger partial charge on any atom is 0.419 e. The summed E-state index contributed by atoms with van der Waals surface area (Å²) in [6.07, 6.45) is -3.84. The number of carbonyl (C=O) groups excluding carboxylic acids is 1. The molecule has 24 heavy (non-hydrogen) atoms. The first-order valence-electron chi connectivity index (χ1n) is 7.89. The van der Waals surface area contributed by atoms with Crippen LogP contribution in [0.25, 0.3) is 0 Å². The van der Waals surface area contributed by atoms with Crippen LogP contribution < -0.4 is 4.74 Å². The molecule has 0 radical (unpaired) electrons. The van der Waals surface area contributed by atoms with Crippen LogP contribution in [-0.4, -0.2) is 39.6 Å². The second kappa shape index (κ2) is 7.59. The van der Waals surface area contributed by atoms with Gasteiger partial charge in [-0.05, 0) is 31.0 Å². The third kappa shape index (κ3) is 5.85. The van der Waals surface area contributed by atoms with Gasteiger partial charge in [0, 0.05) is 27.7 Å². The summed E-state index contributed by atoms with van der Waals surface area (Å²) >= 11 is 0. The Balaban J connectivity index is 3.07. The molecule has 3 nitrogen and oxygen atoms in total. The van der Waals surface area contributed by atoms with Gasteiger partial charge in [0.1, 0.15) is 5.75 Å². The van der Waals surface area contributed by atoms with E-state index in [1.54, 1.807) is 6.92 Å². The van der Waals surface area contributed by atoms with Gasteiger partial charge in [0.25, 0.3) is 5.91 Å². The largest absolute Gasteiger partial charge is 0.493 e. The zero-order chi connectivity index (χ0) is 18.7. The van der Waals surface area contributed by atoms with E-state index >= 15 is 0 Å². The molecule has 0 aliphatic carbocycles. The average Bonchev–Trinajstić information content (AvgIpc) is 2.40. The lowest BCUT2D eigenvalue weighted by Crippen LogP contribution is -2.23. The molecule has 0 heterocycles. The molecule has 0 aliphatic rings. The Morgan fingerprint density at radius 1 is 1.21 bits per heavy atom. The van der Waals surface area contributed by atoms with Crippen LogP contribution in [0.4, 0.5) is 13.2 Å². The number of hydrogen-bond acceptors (Lipinski definition) is 2. The molecule has 1 rings (SSSR count). The van der Waals surface area contributed by atoms with Crippen LogP contribution >= 0.6 is 0 Å². The van der Waals surface area contributed by atoms with E-state index in [1.807, 2.05) is 0 Å². The van der Waals surface area contributed by atoms with Gasteiger partial charge in [-0.3, -0.25) is 4.79 Å². The van der Waals surface area contributed by atoms with Gasteiger partial charge in [0.2, 0.25) is 0 Å². The number of benzene rings is 1. The highest BCUT2D eigenvalue weighted by atomic mass is 28.3. The predicted molar refractivity (Wildman–Crippen MR) is 92.5 cm³/mol. The Morgan fingerprint density at radius 3 is 2.25 bits per heavy atom. The summed E-state index contributed by atoms with van der Waals surface area (Å²) in [6, 6.07) is 3.20. The SMILES string of the molecule is Cc1cc(OCCC[Si](C)(C)C)c(C(F)(F)F)cc1C(=O)N(C)C. The van der Waals surface area contributed by atoms with Crippen molar-refractivity contribution >= 4 is 14.0 Å². The average molecular weight is 361 g/mol. The second-order valence-electron chi connectivity index (χ2n) is 7.37. The fourth-order valence-electron chi connectivity index (χ4n) is 2.28. The van der Waals surface area contributed by atoms with Crippen LogP contribution in [0.2, 0.25) is 25.7 Å². The molecule has 1 amide bonds. The number of amides is 1. The lowest BCUT2D eigenvalue weighted by Gasteiger charge is -2.20. The highest BCUT2D eigenvalue weighted by Crippen LogP contribution is 2.38. The number of carbonyl (C=O) groups is 1. The smallest absolute Gasteiger partial charge is 0.419 e. The molecule has 1 aromatic carbocycles. The van der Waals surface area contributed by atoms with Crippen LogP contribution in [0, 0.1) is 6.92 Å². The molecule has 0 spiro atoms. The van der Waals surface area contributed by atoms with Crippen LogP contribution in [0.5, 0.6) is 5.75 Å². The van der Waals surface area contributed by atoms with Crippen molar-refractivity contribution in [2.75, 3.05) is 20.7 Å². The maximum absolute atomic E-state index is 13.3. The lowest BCUT2D eigenvalue weighted by molar-refractivity contribution is -0.139. The van der Waals surface area contributed by atoms with Crippen LogP contribution in [-0.2, 0) is 6.18 Å². The molecule has 0 saturated heterocycles. The van der Waals surface area contributed by atoms with E-state index in [2.05, 4.69) is 19.6 Å². The summed E-state index contributed by atoms with van der Waals surface area (Å²) in [5.74, 6) is -0.658. The Morgan fingerprint density at radius 2 is 1.79 bits per heavy atom. The topological polar surface area (TPSA) is 29.5 Å². The van der Waals surface area contributed by atoms with E-state index in [1.165, 1.54) is 25.1 Å². The van der Waals surface area contributed by atoms with E-state index in [4.69, 9.17) is 4.74 Å². The van der Waals surface area contributed by atoms with Gasteiger partial charge >= 0.3 is 6.18 Å². The number of halogens is 3. The third-order valence-corrected chi connectivity index (χ3v) is 5.45. The zero-order valence-electron chi connectivity index (χ0n) is 15.2. The summed E-state index contributed by atoms with van der Waals surface area (Å²) in [7, 11) is 1.77. The first-order chi connectivity index (χ1) is 10.8. The molecule has 0 fully saturated rings. The Hall–Kier alpha value is -1.50. The van der Waals surface area contributed by atoms with Gasteiger partial charge < -0.3 is 9.64 Å². The van der Waals surface area contributed by atoms with Crippen molar-refractivity contribution < 1.29 is 22.7 Å². The monoisotopic (exact) mass is 361 g/mol.